The molecule has 0 radical (unpaired) electrons. The number of aliphatic carboxylic acids is 1. The van der Waals surface area contributed by atoms with Crippen molar-refractivity contribution < 1.29 is 9.90 Å². The van der Waals surface area contributed by atoms with E-state index in [9.17, 15) is 4.79 Å². The number of anilines is 1. The van der Waals surface area contributed by atoms with Gasteiger partial charge in [0.1, 0.15) is 0 Å². The third-order valence-electron chi connectivity index (χ3n) is 3.63. The summed E-state index contributed by atoms with van der Waals surface area (Å²) >= 11 is 0. The second-order valence-electron chi connectivity index (χ2n) is 4.94. The lowest BCUT2D eigenvalue weighted by atomic mass is 10.0. The lowest BCUT2D eigenvalue weighted by molar-refractivity contribution is -0.138. The van der Waals surface area contributed by atoms with Gasteiger partial charge in [0.05, 0.1) is 5.92 Å². The van der Waals surface area contributed by atoms with Crippen LogP contribution in [-0.2, 0) is 4.79 Å². The minimum atomic E-state index is -0.776. The highest BCUT2D eigenvalue weighted by Gasteiger charge is 2.16. The molecule has 4 nitrogen and oxygen atoms in total. The maximum Gasteiger partial charge on any atom is 0.310 e. The molecule has 1 unspecified atom stereocenters. The fourth-order valence-corrected chi connectivity index (χ4v) is 2.18. The molecule has 1 aliphatic heterocycles. The van der Waals surface area contributed by atoms with Crippen LogP contribution in [0.1, 0.15) is 18.4 Å². The van der Waals surface area contributed by atoms with Crippen molar-refractivity contribution in [2.75, 3.05) is 38.1 Å². The van der Waals surface area contributed by atoms with Crippen LogP contribution in [0.5, 0.6) is 0 Å². The van der Waals surface area contributed by atoms with Gasteiger partial charge in [-0.15, -0.1) is 0 Å². The third kappa shape index (κ3) is 2.82. The standard InChI is InChI=1S/C14H20N2O2/c1-11(14(17)18)12-3-5-13(6-4-12)16-9-7-15(2)8-10-16/h3-6,11H,7-10H2,1-2H3,(H,17,18). The van der Waals surface area contributed by atoms with E-state index in [-0.39, 0.29) is 0 Å². The molecule has 0 bridgehead atoms. The number of likely N-dealkylation sites (N-methyl/N-ethyl adjacent to an activating group) is 1. The Hall–Kier alpha value is -1.55. The van der Waals surface area contributed by atoms with Gasteiger partial charge in [-0.3, -0.25) is 4.79 Å². The van der Waals surface area contributed by atoms with Crippen molar-refractivity contribution in [3.8, 4) is 0 Å². The first kappa shape index (κ1) is 12.9. The Bertz CT molecular complexity index is 408. The van der Waals surface area contributed by atoms with Crippen molar-refractivity contribution in [1.82, 2.24) is 4.90 Å². The Kier molecular flexibility index (Phi) is 3.87. The maximum atomic E-state index is 10.9. The SMILES string of the molecule is CC(C(=O)O)c1ccc(N2CCN(C)CC2)cc1. The number of carboxylic acids is 1. The van der Waals surface area contributed by atoms with Crippen molar-refractivity contribution in [3.05, 3.63) is 29.8 Å². The summed E-state index contributed by atoms with van der Waals surface area (Å²) in [6.45, 7) is 5.93. The molecule has 1 fully saturated rings. The van der Waals surface area contributed by atoms with Gasteiger partial charge >= 0.3 is 5.97 Å². The smallest absolute Gasteiger partial charge is 0.310 e. The Balaban J connectivity index is 2.06. The lowest BCUT2D eigenvalue weighted by Crippen LogP contribution is -2.44. The van der Waals surface area contributed by atoms with Gasteiger partial charge in [-0.2, -0.15) is 0 Å². The molecule has 0 amide bonds. The predicted molar refractivity (Wildman–Crippen MR) is 72.2 cm³/mol. The van der Waals surface area contributed by atoms with Crippen LogP contribution in [-0.4, -0.2) is 49.2 Å². The summed E-state index contributed by atoms with van der Waals surface area (Å²) < 4.78 is 0. The Morgan fingerprint density at radius 2 is 1.72 bits per heavy atom. The van der Waals surface area contributed by atoms with E-state index in [1.54, 1.807) is 6.92 Å². The number of piperazine rings is 1. The van der Waals surface area contributed by atoms with E-state index in [2.05, 4.69) is 16.8 Å². The molecule has 1 aromatic rings. The van der Waals surface area contributed by atoms with Crippen LogP contribution in [0.4, 0.5) is 5.69 Å². The van der Waals surface area contributed by atoms with Gasteiger partial charge in [0, 0.05) is 31.9 Å². The average Bonchev–Trinajstić information content (AvgIpc) is 2.39. The molecule has 1 aliphatic rings. The number of benzene rings is 1. The quantitative estimate of drug-likeness (QED) is 0.883. The van der Waals surface area contributed by atoms with Crippen molar-refractivity contribution in [1.29, 1.82) is 0 Å². The van der Waals surface area contributed by atoms with Crippen LogP contribution < -0.4 is 4.90 Å². The molecule has 98 valence electrons. The van der Waals surface area contributed by atoms with Crippen LogP contribution >= 0.6 is 0 Å². The number of hydrogen-bond acceptors (Lipinski definition) is 3. The molecular weight excluding hydrogens is 228 g/mol. The molecule has 1 aromatic carbocycles. The van der Waals surface area contributed by atoms with Gasteiger partial charge in [0.15, 0.2) is 0 Å². The van der Waals surface area contributed by atoms with Crippen molar-refractivity contribution in [3.63, 3.8) is 0 Å². The number of hydrogen-bond donors (Lipinski definition) is 1. The van der Waals surface area contributed by atoms with Gasteiger partial charge in [-0.05, 0) is 31.7 Å². The van der Waals surface area contributed by atoms with E-state index in [1.165, 1.54) is 5.69 Å². The fraction of sp³-hybridized carbons (Fsp3) is 0.500. The second-order valence-corrected chi connectivity index (χ2v) is 4.94. The molecule has 1 heterocycles. The lowest BCUT2D eigenvalue weighted by Gasteiger charge is -2.34. The van der Waals surface area contributed by atoms with E-state index >= 15 is 0 Å². The highest BCUT2D eigenvalue weighted by molar-refractivity contribution is 5.75. The topological polar surface area (TPSA) is 43.8 Å². The summed E-state index contributed by atoms with van der Waals surface area (Å²) in [4.78, 5) is 15.6. The van der Waals surface area contributed by atoms with Crippen molar-refractivity contribution in [2.45, 2.75) is 12.8 Å². The second kappa shape index (κ2) is 5.40. The van der Waals surface area contributed by atoms with Crippen LogP contribution in [0.3, 0.4) is 0 Å². The van der Waals surface area contributed by atoms with Crippen LogP contribution in [0.25, 0.3) is 0 Å². The summed E-state index contributed by atoms with van der Waals surface area (Å²) in [6, 6.07) is 7.90. The Labute approximate surface area is 108 Å². The Morgan fingerprint density at radius 3 is 2.22 bits per heavy atom. The number of rotatable bonds is 3. The van der Waals surface area contributed by atoms with Gasteiger partial charge in [0.25, 0.3) is 0 Å². The van der Waals surface area contributed by atoms with Gasteiger partial charge in [0.2, 0.25) is 0 Å². The zero-order chi connectivity index (χ0) is 13.1. The van der Waals surface area contributed by atoms with Crippen LogP contribution in [0.2, 0.25) is 0 Å². The van der Waals surface area contributed by atoms with E-state index in [1.807, 2.05) is 24.3 Å². The van der Waals surface area contributed by atoms with Crippen molar-refractivity contribution >= 4 is 11.7 Å². The highest BCUT2D eigenvalue weighted by Crippen LogP contribution is 2.21. The number of carboxylic acid groups (broad SMARTS) is 1. The van der Waals surface area contributed by atoms with E-state index < -0.39 is 11.9 Å². The summed E-state index contributed by atoms with van der Waals surface area (Å²) in [6.07, 6.45) is 0. The van der Waals surface area contributed by atoms with E-state index in [0.717, 1.165) is 31.7 Å². The molecule has 1 N–H and O–H groups in total. The molecule has 2 rings (SSSR count). The normalized spacial score (nSPS) is 18.7. The average molecular weight is 248 g/mol. The number of nitrogens with zero attached hydrogens (tertiary/aromatic N) is 2. The summed E-state index contributed by atoms with van der Waals surface area (Å²) in [5.74, 6) is -1.21. The minimum Gasteiger partial charge on any atom is -0.481 e. The monoisotopic (exact) mass is 248 g/mol. The summed E-state index contributed by atoms with van der Waals surface area (Å²) in [7, 11) is 2.13. The zero-order valence-electron chi connectivity index (χ0n) is 11.0. The highest BCUT2D eigenvalue weighted by atomic mass is 16.4. The van der Waals surface area contributed by atoms with E-state index in [0.29, 0.717) is 0 Å². The molecule has 4 heteroatoms. The summed E-state index contributed by atoms with van der Waals surface area (Å²) in [5, 5.41) is 8.97. The largest absolute Gasteiger partial charge is 0.481 e. The van der Waals surface area contributed by atoms with Gasteiger partial charge in [-0.25, -0.2) is 0 Å². The van der Waals surface area contributed by atoms with Crippen LogP contribution in [0, 0.1) is 0 Å². The molecular formula is C14H20N2O2. The molecule has 18 heavy (non-hydrogen) atoms. The van der Waals surface area contributed by atoms with Crippen molar-refractivity contribution in [2.24, 2.45) is 0 Å². The third-order valence-corrected chi connectivity index (χ3v) is 3.63. The minimum absolute atomic E-state index is 0.438. The number of carbonyl (C=O) groups is 1. The maximum absolute atomic E-state index is 10.9. The van der Waals surface area contributed by atoms with Gasteiger partial charge in [-0.1, -0.05) is 12.1 Å². The molecule has 0 saturated carbocycles. The first-order valence-corrected chi connectivity index (χ1v) is 6.34. The molecule has 0 spiro atoms. The molecule has 0 aliphatic carbocycles. The van der Waals surface area contributed by atoms with Gasteiger partial charge < -0.3 is 14.9 Å². The Morgan fingerprint density at radius 1 is 1.17 bits per heavy atom. The zero-order valence-corrected chi connectivity index (χ0v) is 11.0. The first-order valence-electron chi connectivity index (χ1n) is 6.34. The fourth-order valence-electron chi connectivity index (χ4n) is 2.18. The summed E-state index contributed by atoms with van der Waals surface area (Å²) in [5.41, 5.74) is 2.05. The molecule has 0 aromatic heterocycles. The first-order chi connectivity index (χ1) is 8.58. The van der Waals surface area contributed by atoms with Crippen LogP contribution in [0.15, 0.2) is 24.3 Å². The van der Waals surface area contributed by atoms with E-state index in [4.69, 9.17) is 5.11 Å². The molecule has 1 saturated heterocycles. The predicted octanol–water partition coefficient (Wildman–Crippen LogP) is 1.63. The molecule has 1 atom stereocenters.